The van der Waals surface area contributed by atoms with Crippen LogP contribution in [0.2, 0.25) is 0 Å². The molecule has 0 saturated carbocycles. The average Bonchev–Trinajstić information content (AvgIpc) is 2.96. The topological polar surface area (TPSA) is 63.4 Å². The van der Waals surface area contributed by atoms with Gasteiger partial charge in [-0.05, 0) is 34.6 Å². The van der Waals surface area contributed by atoms with E-state index in [-0.39, 0.29) is 0 Å². The monoisotopic (exact) mass is 308 g/mol. The van der Waals surface area contributed by atoms with Gasteiger partial charge >= 0.3 is 0 Å². The van der Waals surface area contributed by atoms with Crippen LogP contribution in [0, 0.1) is 0 Å². The molecule has 0 unspecified atom stereocenters. The Morgan fingerprint density at radius 2 is 2.00 bits per heavy atom. The molecule has 6 heteroatoms. The van der Waals surface area contributed by atoms with Gasteiger partial charge < -0.3 is 5.73 Å². The zero-order chi connectivity index (χ0) is 14.2. The third-order valence-electron chi connectivity index (χ3n) is 3.56. The molecule has 106 valence electrons. The van der Waals surface area contributed by atoms with Crippen LogP contribution < -0.4 is 5.73 Å². The molecular weight excluding hydrogens is 292 g/mol. The zero-order valence-electron chi connectivity index (χ0n) is 11.0. The first-order valence-corrected chi connectivity index (χ1v) is 8.77. The second-order valence-corrected chi connectivity index (χ2v) is 7.91. The molecule has 3 rings (SSSR count). The van der Waals surface area contributed by atoms with Crippen LogP contribution in [0.3, 0.4) is 0 Å². The van der Waals surface area contributed by atoms with Crippen molar-refractivity contribution in [2.45, 2.75) is 23.7 Å². The number of hydrogen-bond acceptors (Lipinski definition) is 4. The maximum absolute atomic E-state index is 12.6. The molecule has 2 N–H and O–H groups in total. The van der Waals surface area contributed by atoms with Crippen LogP contribution in [-0.4, -0.2) is 19.3 Å². The summed E-state index contributed by atoms with van der Waals surface area (Å²) in [6.45, 7) is 1.36. The second-order valence-electron chi connectivity index (χ2n) is 4.84. The highest BCUT2D eigenvalue weighted by molar-refractivity contribution is 7.91. The molecule has 1 aromatic carbocycles. The number of fused-ring (bicyclic) bond motifs is 1. The predicted octanol–water partition coefficient (Wildman–Crippen LogP) is 1.95. The number of nitrogens with two attached hydrogens (primary N) is 1. The SMILES string of the molecule is NCc1csc(S(=O)(=O)N2CCc3ccccc3C2)c1. The Bertz CT molecular complexity index is 722. The van der Waals surface area contributed by atoms with E-state index >= 15 is 0 Å². The number of hydrogen-bond donors (Lipinski definition) is 1. The van der Waals surface area contributed by atoms with Crippen molar-refractivity contribution in [3.8, 4) is 0 Å². The van der Waals surface area contributed by atoms with Gasteiger partial charge in [0.2, 0.25) is 0 Å². The Balaban J connectivity index is 1.90. The van der Waals surface area contributed by atoms with Crippen LogP contribution in [0.5, 0.6) is 0 Å². The van der Waals surface area contributed by atoms with E-state index in [4.69, 9.17) is 5.73 Å². The van der Waals surface area contributed by atoms with Crippen molar-refractivity contribution in [2.75, 3.05) is 6.54 Å². The summed E-state index contributed by atoms with van der Waals surface area (Å²) in [5.41, 5.74) is 8.75. The molecule has 0 aliphatic carbocycles. The van der Waals surface area contributed by atoms with Crippen molar-refractivity contribution in [3.63, 3.8) is 0 Å². The van der Waals surface area contributed by atoms with E-state index in [1.54, 1.807) is 10.4 Å². The van der Waals surface area contributed by atoms with Gasteiger partial charge in [-0.2, -0.15) is 4.31 Å². The fourth-order valence-electron chi connectivity index (χ4n) is 2.40. The molecule has 0 spiro atoms. The van der Waals surface area contributed by atoms with E-state index in [9.17, 15) is 8.42 Å². The highest BCUT2D eigenvalue weighted by atomic mass is 32.2. The summed E-state index contributed by atoms with van der Waals surface area (Å²) in [5, 5.41) is 1.81. The molecule has 2 heterocycles. The van der Waals surface area contributed by atoms with Crippen LogP contribution in [0.25, 0.3) is 0 Å². The first-order valence-electron chi connectivity index (χ1n) is 6.45. The number of benzene rings is 1. The summed E-state index contributed by atoms with van der Waals surface area (Å²) >= 11 is 1.25. The summed E-state index contributed by atoms with van der Waals surface area (Å²) in [6, 6.07) is 9.69. The maximum atomic E-state index is 12.6. The van der Waals surface area contributed by atoms with E-state index < -0.39 is 10.0 Å². The van der Waals surface area contributed by atoms with E-state index in [0.717, 1.165) is 17.5 Å². The quantitative estimate of drug-likeness (QED) is 0.942. The molecule has 0 radical (unpaired) electrons. The number of rotatable bonds is 3. The highest BCUT2D eigenvalue weighted by Crippen LogP contribution is 2.28. The minimum atomic E-state index is -3.40. The lowest BCUT2D eigenvalue weighted by atomic mass is 10.0. The molecule has 20 heavy (non-hydrogen) atoms. The fourth-order valence-corrected chi connectivity index (χ4v) is 5.19. The second kappa shape index (κ2) is 5.29. The Morgan fingerprint density at radius 3 is 2.70 bits per heavy atom. The number of nitrogens with zero attached hydrogens (tertiary/aromatic N) is 1. The van der Waals surface area contributed by atoms with E-state index in [2.05, 4.69) is 6.07 Å². The molecule has 0 atom stereocenters. The van der Waals surface area contributed by atoms with Crippen LogP contribution >= 0.6 is 11.3 Å². The molecule has 0 amide bonds. The van der Waals surface area contributed by atoms with E-state index in [1.165, 1.54) is 16.9 Å². The van der Waals surface area contributed by atoms with Gasteiger partial charge in [0.05, 0.1) is 0 Å². The van der Waals surface area contributed by atoms with E-state index in [0.29, 0.717) is 23.8 Å². The Morgan fingerprint density at radius 1 is 1.25 bits per heavy atom. The fraction of sp³-hybridized carbons (Fsp3) is 0.286. The van der Waals surface area contributed by atoms with Gasteiger partial charge in [-0.1, -0.05) is 24.3 Å². The van der Waals surface area contributed by atoms with Crippen LogP contribution in [0.4, 0.5) is 0 Å². The third-order valence-corrected chi connectivity index (χ3v) is 6.86. The molecular formula is C14H16N2O2S2. The smallest absolute Gasteiger partial charge is 0.252 e. The first-order chi connectivity index (χ1) is 9.61. The van der Waals surface area contributed by atoms with Crippen LogP contribution in [0.1, 0.15) is 16.7 Å². The largest absolute Gasteiger partial charge is 0.326 e. The van der Waals surface area contributed by atoms with Crippen molar-refractivity contribution in [1.29, 1.82) is 0 Å². The summed E-state index contributed by atoms with van der Waals surface area (Å²) < 4.78 is 27.2. The standard InChI is InChI=1S/C14H16N2O2S2/c15-8-11-7-14(19-10-11)20(17,18)16-6-5-12-3-1-2-4-13(12)9-16/h1-4,7,10H,5-6,8-9,15H2. The zero-order valence-corrected chi connectivity index (χ0v) is 12.6. The van der Waals surface area contributed by atoms with Gasteiger partial charge in [0.1, 0.15) is 4.21 Å². The number of sulfonamides is 1. The summed E-state index contributed by atoms with van der Waals surface area (Å²) in [5.74, 6) is 0. The van der Waals surface area contributed by atoms with Gasteiger partial charge in [0.15, 0.2) is 0 Å². The van der Waals surface area contributed by atoms with Gasteiger partial charge in [-0.3, -0.25) is 0 Å². The van der Waals surface area contributed by atoms with E-state index in [1.807, 2.05) is 23.6 Å². The van der Waals surface area contributed by atoms with Gasteiger partial charge in [0.25, 0.3) is 10.0 Å². The lowest BCUT2D eigenvalue weighted by molar-refractivity contribution is 0.392. The molecule has 1 aliphatic heterocycles. The third kappa shape index (κ3) is 2.40. The van der Waals surface area contributed by atoms with Crippen molar-refractivity contribution in [1.82, 2.24) is 4.31 Å². The summed E-state index contributed by atoms with van der Waals surface area (Å²) in [4.78, 5) is 0. The average molecular weight is 308 g/mol. The lowest BCUT2D eigenvalue weighted by Gasteiger charge is -2.27. The number of thiophene rings is 1. The molecule has 1 aromatic heterocycles. The van der Waals surface area contributed by atoms with Crippen molar-refractivity contribution in [3.05, 3.63) is 52.4 Å². The van der Waals surface area contributed by atoms with Gasteiger partial charge in [-0.15, -0.1) is 11.3 Å². The first kappa shape index (κ1) is 13.8. The van der Waals surface area contributed by atoms with Gasteiger partial charge in [0, 0.05) is 19.6 Å². The normalized spacial score (nSPS) is 16.1. The van der Waals surface area contributed by atoms with Crippen molar-refractivity contribution >= 4 is 21.4 Å². The Labute approximate surface area is 122 Å². The Hall–Kier alpha value is -1.21. The minimum absolute atomic E-state index is 0.370. The lowest BCUT2D eigenvalue weighted by Crippen LogP contribution is -2.35. The molecule has 4 nitrogen and oxygen atoms in total. The Kier molecular flexibility index (Phi) is 3.64. The predicted molar refractivity (Wildman–Crippen MR) is 80.0 cm³/mol. The molecule has 2 aromatic rings. The maximum Gasteiger partial charge on any atom is 0.252 e. The molecule has 0 saturated heterocycles. The molecule has 0 bridgehead atoms. The summed E-state index contributed by atoms with van der Waals surface area (Å²) in [7, 11) is -3.40. The van der Waals surface area contributed by atoms with Crippen molar-refractivity contribution < 1.29 is 8.42 Å². The van der Waals surface area contributed by atoms with Crippen LogP contribution in [0.15, 0.2) is 39.9 Å². The van der Waals surface area contributed by atoms with Crippen molar-refractivity contribution in [2.24, 2.45) is 5.73 Å². The summed E-state index contributed by atoms with van der Waals surface area (Å²) in [6.07, 6.45) is 0.768. The van der Waals surface area contributed by atoms with Gasteiger partial charge in [-0.25, -0.2) is 8.42 Å². The molecule has 1 aliphatic rings. The minimum Gasteiger partial charge on any atom is -0.326 e. The molecule has 0 fully saturated rings. The highest BCUT2D eigenvalue weighted by Gasteiger charge is 2.29. The van der Waals surface area contributed by atoms with Crippen LogP contribution in [-0.2, 0) is 29.5 Å².